The Morgan fingerprint density at radius 2 is 2.17 bits per heavy atom. The largest absolute Gasteiger partial charge is 0.351 e. The molecule has 24 heavy (non-hydrogen) atoms. The first-order chi connectivity index (χ1) is 11.2. The van der Waals surface area contributed by atoms with Crippen molar-refractivity contribution in [2.75, 3.05) is 20.1 Å². The Balaban J connectivity index is 0.00000208. The van der Waals surface area contributed by atoms with Crippen LogP contribution >= 0.6 is 35.3 Å². The Labute approximate surface area is 165 Å². The summed E-state index contributed by atoms with van der Waals surface area (Å²) < 4.78 is 0. The maximum atomic E-state index is 4.47. The third kappa shape index (κ3) is 4.27. The molecule has 1 atom stereocenters. The highest BCUT2D eigenvalue weighted by atomic mass is 127. The molecule has 1 N–H and O–H groups in total. The van der Waals surface area contributed by atoms with Crippen molar-refractivity contribution in [3.8, 4) is 0 Å². The highest BCUT2D eigenvalue weighted by molar-refractivity contribution is 14.0. The molecule has 2 aromatic rings. The zero-order valence-corrected chi connectivity index (χ0v) is 17.6. The molecular formula is C18H25IN4S. The number of hydrogen-bond donors (Lipinski definition) is 1. The SMILES string of the molecule is CN=C(NCc1scnc1C)N1CCC(c2ccccc2C)C1.I. The molecule has 1 saturated heterocycles. The summed E-state index contributed by atoms with van der Waals surface area (Å²) in [5.41, 5.74) is 5.88. The number of thiazole rings is 1. The first-order valence-corrected chi connectivity index (χ1v) is 8.97. The maximum Gasteiger partial charge on any atom is 0.193 e. The van der Waals surface area contributed by atoms with Crippen LogP contribution in [0.25, 0.3) is 0 Å². The lowest BCUT2D eigenvalue weighted by atomic mass is 9.94. The second-order valence-electron chi connectivity index (χ2n) is 6.05. The molecule has 1 fully saturated rings. The van der Waals surface area contributed by atoms with Gasteiger partial charge in [0.1, 0.15) is 0 Å². The van der Waals surface area contributed by atoms with Gasteiger partial charge < -0.3 is 10.2 Å². The second-order valence-corrected chi connectivity index (χ2v) is 6.99. The summed E-state index contributed by atoms with van der Waals surface area (Å²) >= 11 is 1.70. The molecule has 1 unspecified atom stereocenters. The van der Waals surface area contributed by atoms with E-state index in [1.165, 1.54) is 22.4 Å². The van der Waals surface area contributed by atoms with Gasteiger partial charge in [-0.05, 0) is 31.4 Å². The summed E-state index contributed by atoms with van der Waals surface area (Å²) in [5, 5.41) is 3.49. The van der Waals surface area contributed by atoms with Crippen molar-refractivity contribution in [1.29, 1.82) is 0 Å². The lowest BCUT2D eigenvalue weighted by Gasteiger charge is -2.22. The molecule has 1 aromatic heterocycles. The Hall–Kier alpha value is -1.15. The number of nitrogens with one attached hydrogen (secondary N) is 1. The highest BCUT2D eigenvalue weighted by Crippen LogP contribution is 2.29. The highest BCUT2D eigenvalue weighted by Gasteiger charge is 2.26. The van der Waals surface area contributed by atoms with Crippen molar-refractivity contribution in [3.05, 3.63) is 51.5 Å². The second kappa shape index (κ2) is 8.80. The summed E-state index contributed by atoms with van der Waals surface area (Å²) in [6.07, 6.45) is 1.19. The molecule has 0 spiro atoms. The Kier molecular flexibility index (Phi) is 7.03. The smallest absolute Gasteiger partial charge is 0.193 e. The molecule has 1 aliphatic rings. The molecule has 0 bridgehead atoms. The summed E-state index contributed by atoms with van der Waals surface area (Å²) in [5.74, 6) is 1.59. The van der Waals surface area contributed by atoms with E-state index in [2.05, 4.69) is 58.3 Å². The summed E-state index contributed by atoms with van der Waals surface area (Å²) in [4.78, 5) is 12.4. The van der Waals surface area contributed by atoms with Gasteiger partial charge in [0.15, 0.2) is 5.96 Å². The maximum absolute atomic E-state index is 4.47. The number of aryl methyl sites for hydroxylation is 2. The Morgan fingerprint density at radius 1 is 1.38 bits per heavy atom. The summed E-state index contributed by atoms with van der Waals surface area (Å²) in [6.45, 7) is 7.15. The Bertz CT molecular complexity index is 698. The fraction of sp³-hybridized carbons (Fsp3) is 0.444. The average molecular weight is 456 g/mol. The van der Waals surface area contributed by atoms with Gasteiger partial charge in [-0.1, -0.05) is 24.3 Å². The van der Waals surface area contributed by atoms with Gasteiger partial charge in [-0.2, -0.15) is 0 Å². The van der Waals surface area contributed by atoms with E-state index >= 15 is 0 Å². The lowest BCUT2D eigenvalue weighted by Crippen LogP contribution is -2.39. The van der Waals surface area contributed by atoms with Crippen LogP contribution in [0.1, 0.15) is 34.0 Å². The standard InChI is InChI=1S/C18H24N4S.HI/c1-13-6-4-5-7-16(13)15-8-9-22(11-15)18(19-3)20-10-17-14(2)21-12-23-17;/h4-7,12,15H,8-11H2,1-3H3,(H,19,20);1H. The van der Waals surface area contributed by atoms with Gasteiger partial charge in [0.05, 0.1) is 17.7 Å². The van der Waals surface area contributed by atoms with Crippen molar-refractivity contribution >= 4 is 41.3 Å². The number of aromatic nitrogens is 1. The molecule has 0 radical (unpaired) electrons. The minimum absolute atomic E-state index is 0. The average Bonchev–Trinajstić information content (AvgIpc) is 3.18. The fourth-order valence-corrected chi connectivity index (χ4v) is 3.96. The summed E-state index contributed by atoms with van der Waals surface area (Å²) in [7, 11) is 1.86. The van der Waals surface area contributed by atoms with Crippen molar-refractivity contribution in [2.24, 2.45) is 4.99 Å². The molecule has 3 rings (SSSR count). The minimum Gasteiger partial charge on any atom is -0.351 e. The van der Waals surface area contributed by atoms with E-state index in [9.17, 15) is 0 Å². The van der Waals surface area contributed by atoms with Gasteiger partial charge >= 0.3 is 0 Å². The zero-order chi connectivity index (χ0) is 16.2. The van der Waals surface area contributed by atoms with Crippen molar-refractivity contribution in [3.63, 3.8) is 0 Å². The molecule has 0 amide bonds. The van der Waals surface area contributed by atoms with Crippen LogP contribution in [-0.2, 0) is 6.54 Å². The van der Waals surface area contributed by atoms with Gasteiger partial charge in [-0.3, -0.25) is 4.99 Å². The monoisotopic (exact) mass is 456 g/mol. The summed E-state index contributed by atoms with van der Waals surface area (Å²) in [6, 6.07) is 8.73. The van der Waals surface area contributed by atoms with Crippen LogP contribution in [0.5, 0.6) is 0 Å². The number of benzene rings is 1. The normalized spacial score (nSPS) is 17.7. The van der Waals surface area contributed by atoms with Gasteiger partial charge in [0.2, 0.25) is 0 Å². The quantitative estimate of drug-likeness (QED) is 0.432. The van der Waals surface area contributed by atoms with Crippen LogP contribution in [0.4, 0.5) is 0 Å². The predicted molar refractivity (Wildman–Crippen MR) is 113 cm³/mol. The van der Waals surface area contributed by atoms with E-state index in [1.54, 1.807) is 11.3 Å². The number of rotatable bonds is 3. The van der Waals surface area contributed by atoms with E-state index in [1.807, 2.05) is 12.6 Å². The number of aliphatic imine (C=N–C) groups is 1. The van der Waals surface area contributed by atoms with E-state index in [4.69, 9.17) is 0 Å². The van der Waals surface area contributed by atoms with Crippen LogP contribution in [0.2, 0.25) is 0 Å². The van der Waals surface area contributed by atoms with Gasteiger partial charge in [-0.15, -0.1) is 35.3 Å². The molecule has 1 aliphatic heterocycles. The molecule has 2 heterocycles. The predicted octanol–water partition coefficient (Wildman–Crippen LogP) is 3.94. The van der Waals surface area contributed by atoms with E-state index in [0.29, 0.717) is 5.92 Å². The fourth-order valence-electron chi connectivity index (χ4n) is 3.24. The third-order valence-corrected chi connectivity index (χ3v) is 5.51. The van der Waals surface area contributed by atoms with Crippen LogP contribution < -0.4 is 5.32 Å². The first kappa shape index (κ1) is 19.2. The van der Waals surface area contributed by atoms with Crippen LogP contribution in [0.15, 0.2) is 34.8 Å². The molecular weight excluding hydrogens is 431 g/mol. The van der Waals surface area contributed by atoms with Gasteiger partial charge in [0, 0.05) is 30.9 Å². The third-order valence-electron chi connectivity index (χ3n) is 4.58. The number of guanidine groups is 1. The lowest BCUT2D eigenvalue weighted by molar-refractivity contribution is 0.486. The molecule has 1 aromatic carbocycles. The number of likely N-dealkylation sites (tertiary alicyclic amines) is 1. The molecule has 4 nitrogen and oxygen atoms in total. The molecule has 0 aliphatic carbocycles. The number of halogens is 1. The van der Waals surface area contributed by atoms with Crippen molar-refractivity contribution < 1.29 is 0 Å². The first-order valence-electron chi connectivity index (χ1n) is 8.09. The van der Waals surface area contributed by atoms with Crippen molar-refractivity contribution in [1.82, 2.24) is 15.2 Å². The topological polar surface area (TPSA) is 40.5 Å². The molecule has 130 valence electrons. The van der Waals surface area contributed by atoms with Crippen LogP contribution in [-0.4, -0.2) is 36.0 Å². The van der Waals surface area contributed by atoms with Crippen LogP contribution in [0, 0.1) is 13.8 Å². The molecule has 0 saturated carbocycles. The van der Waals surface area contributed by atoms with Gasteiger partial charge in [-0.25, -0.2) is 4.98 Å². The van der Waals surface area contributed by atoms with Crippen molar-refractivity contribution in [2.45, 2.75) is 32.7 Å². The van der Waals surface area contributed by atoms with E-state index in [-0.39, 0.29) is 24.0 Å². The Morgan fingerprint density at radius 3 is 2.83 bits per heavy atom. The minimum atomic E-state index is 0. The van der Waals surface area contributed by atoms with Gasteiger partial charge in [0.25, 0.3) is 0 Å². The zero-order valence-electron chi connectivity index (χ0n) is 14.5. The number of hydrogen-bond acceptors (Lipinski definition) is 3. The van der Waals surface area contributed by atoms with Crippen LogP contribution in [0.3, 0.4) is 0 Å². The van der Waals surface area contributed by atoms with E-state index < -0.39 is 0 Å². The number of nitrogens with zero attached hydrogens (tertiary/aromatic N) is 3. The van der Waals surface area contributed by atoms with E-state index in [0.717, 1.165) is 31.3 Å². The molecule has 6 heteroatoms.